The normalized spacial score (nSPS) is 15.3. The van der Waals surface area contributed by atoms with Gasteiger partial charge in [0.05, 0.1) is 24.3 Å². The minimum absolute atomic E-state index is 0.0549. The first-order valence-electron chi connectivity index (χ1n) is 9.01. The molecule has 2 aliphatic rings. The van der Waals surface area contributed by atoms with Crippen LogP contribution in [0.2, 0.25) is 0 Å². The smallest absolute Gasteiger partial charge is 0.281 e. The Balaban J connectivity index is 1.38. The molecule has 5 rings (SSSR count). The summed E-state index contributed by atoms with van der Waals surface area (Å²) in [4.78, 5) is 38.5. The lowest BCUT2D eigenvalue weighted by Crippen LogP contribution is -2.33. The first-order chi connectivity index (χ1) is 14.4. The monoisotopic (exact) mass is 439 g/mol. The molecule has 0 fully saturated rings. The highest BCUT2D eigenvalue weighted by Gasteiger charge is 2.35. The van der Waals surface area contributed by atoms with Crippen LogP contribution in [0, 0.1) is 0 Å². The largest absolute Gasteiger partial charge is 0.297 e. The summed E-state index contributed by atoms with van der Waals surface area (Å²) in [5.74, 6) is -0.949. The molecule has 0 saturated carbocycles. The molecule has 3 aromatic rings. The highest BCUT2D eigenvalue weighted by Crippen LogP contribution is 2.42. The molecule has 2 amide bonds. The number of carbonyl (C=O) groups is 3. The van der Waals surface area contributed by atoms with E-state index in [9.17, 15) is 22.8 Å². The van der Waals surface area contributed by atoms with Crippen molar-refractivity contribution in [2.24, 2.45) is 0 Å². The first-order valence-corrected chi connectivity index (χ1v) is 11.2. The second kappa shape index (κ2) is 6.76. The maximum atomic E-state index is 12.8. The van der Waals surface area contributed by atoms with E-state index in [4.69, 9.17) is 4.18 Å². The van der Waals surface area contributed by atoms with Gasteiger partial charge in [0.15, 0.2) is 0 Å². The van der Waals surface area contributed by atoms with Gasteiger partial charge in [-0.1, -0.05) is 24.3 Å². The topological polar surface area (TPSA) is 97.8 Å². The van der Waals surface area contributed by atoms with Crippen molar-refractivity contribution in [3.8, 4) is 0 Å². The van der Waals surface area contributed by atoms with Crippen molar-refractivity contribution in [2.45, 2.75) is 9.79 Å². The Morgan fingerprint density at radius 1 is 0.833 bits per heavy atom. The van der Waals surface area contributed by atoms with Gasteiger partial charge in [-0.25, -0.2) is 0 Å². The fourth-order valence-corrected chi connectivity index (χ4v) is 5.75. The summed E-state index contributed by atoms with van der Waals surface area (Å²) in [6.45, 7) is -0.564. The highest BCUT2D eigenvalue weighted by atomic mass is 32.2. The SMILES string of the molecule is O=C1Sc2ccc(S(=O)(=O)OCCN3C(=O)c4ccccc4C3=O)c3cccc1c23. The van der Waals surface area contributed by atoms with Crippen LogP contribution in [0.3, 0.4) is 0 Å². The summed E-state index contributed by atoms with van der Waals surface area (Å²) in [6.07, 6.45) is 0. The van der Waals surface area contributed by atoms with E-state index in [2.05, 4.69) is 0 Å². The van der Waals surface area contributed by atoms with Crippen molar-refractivity contribution < 1.29 is 27.0 Å². The van der Waals surface area contributed by atoms with E-state index in [1.165, 1.54) is 6.07 Å². The molecule has 3 aromatic carbocycles. The van der Waals surface area contributed by atoms with E-state index >= 15 is 0 Å². The Bertz CT molecular complexity index is 1340. The fraction of sp³-hybridized carbons (Fsp3) is 0.0952. The maximum Gasteiger partial charge on any atom is 0.297 e. The zero-order chi connectivity index (χ0) is 21.0. The van der Waals surface area contributed by atoms with Crippen LogP contribution in [0.4, 0.5) is 0 Å². The number of benzene rings is 3. The third-order valence-corrected chi connectivity index (χ3v) is 7.42. The lowest BCUT2D eigenvalue weighted by molar-refractivity contribution is 0.0632. The van der Waals surface area contributed by atoms with Gasteiger partial charge in [-0.05, 0) is 42.1 Å². The molecule has 0 saturated heterocycles. The molecule has 0 radical (unpaired) electrons. The molecule has 30 heavy (non-hydrogen) atoms. The first kappa shape index (κ1) is 19.0. The van der Waals surface area contributed by atoms with E-state index in [0.717, 1.165) is 16.7 Å². The molecule has 2 aliphatic heterocycles. The fourth-order valence-electron chi connectivity index (χ4n) is 3.72. The Labute approximate surface area is 175 Å². The van der Waals surface area contributed by atoms with Crippen LogP contribution in [-0.4, -0.2) is 43.4 Å². The number of hydrogen-bond acceptors (Lipinski definition) is 7. The number of nitrogens with zero attached hydrogens (tertiary/aromatic N) is 1. The van der Waals surface area contributed by atoms with Crippen LogP contribution >= 0.6 is 11.8 Å². The molecule has 0 spiro atoms. The molecule has 9 heteroatoms. The van der Waals surface area contributed by atoms with Gasteiger partial charge in [0.25, 0.3) is 21.9 Å². The van der Waals surface area contributed by atoms with Crippen molar-refractivity contribution in [3.05, 3.63) is 71.3 Å². The van der Waals surface area contributed by atoms with Crippen molar-refractivity contribution in [2.75, 3.05) is 13.2 Å². The minimum Gasteiger partial charge on any atom is -0.281 e. The average Bonchev–Trinajstić information content (AvgIpc) is 3.19. The summed E-state index contributed by atoms with van der Waals surface area (Å²) >= 11 is 1.06. The van der Waals surface area contributed by atoms with Crippen molar-refractivity contribution in [1.29, 1.82) is 0 Å². The summed E-state index contributed by atoms with van der Waals surface area (Å²) < 4.78 is 30.8. The molecule has 150 valence electrons. The van der Waals surface area contributed by atoms with E-state index in [1.807, 2.05) is 0 Å². The van der Waals surface area contributed by atoms with Gasteiger partial charge in [-0.3, -0.25) is 23.5 Å². The zero-order valence-electron chi connectivity index (χ0n) is 15.3. The van der Waals surface area contributed by atoms with Crippen LogP contribution in [0.25, 0.3) is 10.8 Å². The number of rotatable bonds is 5. The molecule has 0 atom stereocenters. The third-order valence-electron chi connectivity index (χ3n) is 5.09. The van der Waals surface area contributed by atoms with E-state index in [0.29, 0.717) is 32.4 Å². The molecular weight excluding hydrogens is 426 g/mol. The van der Waals surface area contributed by atoms with Gasteiger partial charge in [-0.2, -0.15) is 8.42 Å². The third kappa shape index (κ3) is 2.78. The van der Waals surface area contributed by atoms with Crippen molar-refractivity contribution in [1.82, 2.24) is 4.90 Å². The summed E-state index contributed by atoms with van der Waals surface area (Å²) in [5, 5.41) is 0.873. The Morgan fingerprint density at radius 2 is 1.50 bits per heavy atom. The Kier molecular flexibility index (Phi) is 4.28. The zero-order valence-corrected chi connectivity index (χ0v) is 17.0. The molecule has 0 aliphatic carbocycles. The van der Waals surface area contributed by atoms with Crippen LogP contribution in [0.1, 0.15) is 31.1 Å². The number of imide groups is 1. The van der Waals surface area contributed by atoms with Crippen LogP contribution < -0.4 is 0 Å². The highest BCUT2D eigenvalue weighted by molar-refractivity contribution is 8.14. The second-order valence-electron chi connectivity index (χ2n) is 6.76. The van der Waals surface area contributed by atoms with Gasteiger partial charge in [0, 0.05) is 21.2 Å². The standard InChI is InChI=1S/C21H13NO6S2/c23-19-12-4-1-2-5-13(12)20(24)22(19)10-11-28-30(26,27)17-9-8-16-18-14(17)6-3-7-15(18)21(25)29-16/h1-9H,10-11H2. The molecule has 7 nitrogen and oxygen atoms in total. The Hall–Kier alpha value is -3.01. The molecule has 0 bridgehead atoms. The molecular formula is C21H13NO6S2. The number of hydrogen-bond donors (Lipinski definition) is 0. The quantitative estimate of drug-likeness (QED) is 0.445. The number of amides is 2. The van der Waals surface area contributed by atoms with Gasteiger partial charge < -0.3 is 0 Å². The van der Waals surface area contributed by atoms with Gasteiger partial charge in [0.1, 0.15) is 4.90 Å². The maximum absolute atomic E-state index is 12.8. The van der Waals surface area contributed by atoms with E-state index in [-0.39, 0.29) is 23.2 Å². The number of carbonyl (C=O) groups excluding carboxylic acids is 3. The molecule has 0 unspecified atom stereocenters. The predicted octanol–water partition coefficient (Wildman–Crippen LogP) is 3.09. The Morgan fingerprint density at radius 3 is 2.20 bits per heavy atom. The summed E-state index contributed by atoms with van der Waals surface area (Å²) in [6, 6.07) is 14.3. The second-order valence-corrected chi connectivity index (χ2v) is 9.36. The number of fused-ring (bicyclic) bond motifs is 1. The molecule has 2 heterocycles. The lowest BCUT2D eigenvalue weighted by Gasteiger charge is -2.14. The van der Waals surface area contributed by atoms with Crippen LogP contribution in [-0.2, 0) is 14.3 Å². The van der Waals surface area contributed by atoms with E-state index < -0.39 is 21.9 Å². The molecule has 0 N–H and O–H groups in total. The summed E-state index contributed by atoms with van der Waals surface area (Å²) in [5.41, 5.74) is 1.05. The average molecular weight is 439 g/mol. The van der Waals surface area contributed by atoms with Gasteiger partial charge >= 0.3 is 0 Å². The van der Waals surface area contributed by atoms with Crippen LogP contribution in [0.15, 0.2) is 64.4 Å². The minimum atomic E-state index is -4.17. The lowest BCUT2D eigenvalue weighted by atomic mass is 10.1. The van der Waals surface area contributed by atoms with Gasteiger partial charge in [-0.15, -0.1) is 0 Å². The van der Waals surface area contributed by atoms with Gasteiger partial charge in [0.2, 0.25) is 5.12 Å². The van der Waals surface area contributed by atoms with Crippen LogP contribution in [0.5, 0.6) is 0 Å². The van der Waals surface area contributed by atoms with Crippen molar-refractivity contribution in [3.63, 3.8) is 0 Å². The molecule has 0 aromatic heterocycles. The summed E-state index contributed by atoms with van der Waals surface area (Å²) in [7, 11) is -4.17. The van der Waals surface area contributed by atoms with E-state index in [1.54, 1.807) is 48.5 Å². The number of thioether (sulfide) groups is 1. The predicted molar refractivity (Wildman–Crippen MR) is 109 cm³/mol. The van der Waals surface area contributed by atoms with Crippen molar-refractivity contribution >= 4 is 49.6 Å².